The summed E-state index contributed by atoms with van der Waals surface area (Å²) < 4.78 is 6.60. The lowest BCUT2D eigenvalue weighted by Gasteiger charge is -2.35. The molecule has 1 heterocycles. The Morgan fingerprint density at radius 1 is 1.38 bits per heavy atom. The first-order valence-corrected chi connectivity index (χ1v) is 8.21. The molecule has 0 bridgehead atoms. The minimum absolute atomic E-state index is 0.100. The van der Waals surface area contributed by atoms with E-state index in [2.05, 4.69) is 39.1 Å². The Bertz CT molecular complexity index is 627. The van der Waals surface area contributed by atoms with Crippen LogP contribution in [0.1, 0.15) is 49.9 Å². The zero-order chi connectivity index (χ0) is 14.9. The molecule has 4 nitrogen and oxygen atoms in total. The summed E-state index contributed by atoms with van der Waals surface area (Å²) in [4.78, 5) is 4.61. The van der Waals surface area contributed by atoms with E-state index < -0.39 is 0 Å². The molecule has 0 radical (unpaired) electrons. The van der Waals surface area contributed by atoms with Gasteiger partial charge in [0, 0.05) is 16.9 Å². The molecule has 112 valence electrons. The molecule has 1 aliphatic carbocycles. The van der Waals surface area contributed by atoms with Crippen LogP contribution in [0.5, 0.6) is 0 Å². The predicted molar refractivity (Wildman–Crippen MR) is 85.0 cm³/mol. The molecule has 3 rings (SSSR count). The van der Waals surface area contributed by atoms with Crippen LogP contribution in [0.25, 0.3) is 0 Å². The number of benzene rings is 1. The predicted octanol–water partition coefficient (Wildman–Crippen LogP) is 3.58. The van der Waals surface area contributed by atoms with Crippen LogP contribution in [0.4, 0.5) is 0 Å². The summed E-state index contributed by atoms with van der Waals surface area (Å²) in [7, 11) is 0. The highest BCUT2D eigenvalue weighted by molar-refractivity contribution is 9.10. The number of rotatable bonds is 3. The lowest BCUT2D eigenvalue weighted by atomic mass is 9.72. The maximum Gasteiger partial charge on any atom is 0.234 e. The lowest BCUT2D eigenvalue weighted by Crippen LogP contribution is -2.45. The van der Waals surface area contributed by atoms with E-state index in [-0.39, 0.29) is 11.5 Å². The molecule has 1 aromatic heterocycles. The molecule has 0 saturated heterocycles. The van der Waals surface area contributed by atoms with Gasteiger partial charge in [0.25, 0.3) is 0 Å². The van der Waals surface area contributed by atoms with E-state index in [0.717, 1.165) is 28.7 Å². The summed E-state index contributed by atoms with van der Waals surface area (Å²) in [5, 5.41) is 4.14. The van der Waals surface area contributed by atoms with Crippen molar-refractivity contribution in [3.8, 4) is 0 Å². The van der Waals surface area contributed by atoms with Crippen molar-refractivity contribution in [2.24, 2.45) is 5.73 Å². The fraction of sp³-hybridized carbons (Fsp3) is 0.500. The summed E-state index contributed by atoms with van der Waals surface area (Å²) in [6, 6.07) is 8.20. The minimum Gasteiger partial charge on any atom is -0.339 e. The number of hydrogen-bond donors (Lipinski definition) is 1. The van der Waals surface area contributed by atoms with Crippen molar-refractivity contribution in [2.45, 2.75) is 50.5 Å². The number of nitrogens with two attached hydrogens (primary N) is 1. The Kier molecular flexibility index (Phi) is 4.13. The Morgan fingerprint density at radius 2 is 2.19 bits per heavy atom. The van der Waals surface area contributed by atoms with Gasteiger partial charge in [-0.15, -0.1) is 0 Å². The first-order valence-electron chi connectivity index (χ1n) is 7.41. The first-order chi connectivity index (χ1) is 10.1. The van der Waals surface area contributed by atoms with E-state index in [9.17, 15) is 0 Å². The quantitative estimate of drug-likeness (QED) is 0.919. The van der Waals surface area contributed by atoms with E-state index in [1.54, 1.807) is 0 Å². The Morgan fingerprint density at radius 3 is 2.95 bits per heavy atom. The highest BCUT2D eigenvalue weighted by atomic mass is 79.9. The van der Waals surface area contributed by atoms with Crippen LogP contribution in [0, 0.1) is 0 Å². The van der Waals surface area contributed by atoms with Gasteiger partial charge in [-0.25, -0.2) is 0 Å². The van der Waals surface area contributed by atoms with Crippen LogP contribution in [-0.4, -0.2) is 16.2 Å². The number of nitrogens with zero attached hydrogens (tertiary/aromatic N) is 2. The SMILES string of the molecule is CC1(c2nc(Cc3ccccc3Br)no2)CCCCC1N. The van der Waals surface area contributed by atoms with Gasteiger partial charge in [0.05, 0.1) is 5.41 Å². The van der Waals surface area contributed by atoms with Crippen molar-refractivity contribution in [2.75, 3.05) is 0 Å². The number of halogens is 1. The minimum atomic E-state index is -0.183. The van der Waals surface area contributed by atoms with E-state index in [1.165, 1.54) is 12.8 Å². The maximum atomic E-state index is 6.30. The molecule has 5 heteroatoms. The van der Waals surface area contributed by atoms with Crippen LogP contribution in [0.2, 0.25) is 0 Å². The Hall–Kier alpha value is -1.20. The summed E-state index contributed by atoms with van der Waals surface area (Å²) in [5.41, 5.74) is 7.27. The molecule has 1 fully saturated rings. The van der Waals surface area contributed by atoms with Crippen LogP contribution in [0.15, 0.2) is 33.3 Å². The molecule has 1 aliphatic rings. The summed E-state index contributed by atoms with van der Waals surface area (Å²) in [5.74, 6) is 1.41. The molecule has 1 saturated carbocycles. The average molecular weight is 350 g/mol. The van der Waals surface area contributed by atoms with Gasteiger partial charge < -0.3 is 10.3 Å². The molecule has 1 aromatic carbocycles. The van der Waals surface area contributed by atoms with E-state index in [1.807, 2.05) is 18.2 Å². The van der Waals surface area contributed by atoms with Gasteiger partial charge in [-0.2, -0.15) is 4.98 Å². The molecule has 2 atom stereocenters. The second-order valence-electron chi connectivity index (χ2n) is 6.05. The van der Waals surface area contributed by atoms with Crippen molar-refractivity contribution in [3.05, 3.63) is 46.0 Å². The molecule has 0 spiro atoms. The van der Waals surface area contributed by atoms with Gasteiger partial charge in [0.15, 0.2) is 5.82 Å². The van der Waals surface area contributed by atoms with E-state index in [0.29, 0.717) is 12.3 Å². The summed E-state index contributed by atoms with van der Waals surface area (Å²) in [6.07, 6.45) is 5.07. The Labute approximate surface area is 133 Å². The molecule has 2 aromatic rings. The Balaban J connectivity index is 1.82. The monoisotopic (exact) mass is 349 g/mol. The van der Waals surface area contributed by atoms with Gasteiger partial charge in [-0.3, -0.25) is 0 Å². The second kappa shape index (κ2) is 5.89. The standard InChI is InChI=1S/C16H20BrN3O/c1-16(9-5-4-8-13(16)18)15-19-14(20-21-15)10-11-6-2-3-7-12(11)17/h2-3,6-7,13H,4-5,8-10,18H2,1H3. The van der Waals surface area contributed by atoms with Crippen molar-refractivity contribution >= 4 is 15.9 Å². The van der Waals surface area contributed by atoms with Crippen molar-refractivity contribution in [1.82, 2.24) is 10.1 Å². The normalized spacial score (nSPS) is 26.0. The fourth-order valence-electron chi connectivity index (χ4n) is 3.00. The second-order valence-corrected chi connectivity index (χ2v) is 6.91. The van der Waals surface area contributed by atoms with Gasteiger partial charge in [0.2, 0.25) is 5.89 Å². The fourth-order valence-corrected chi connectivity index (χ4v) is 3.42. The third-order valence-corrected chi connectivity index (χ3v) is 5.32. The van der Waals surface area contributed by atoms with Crippen LogP contribution in [0.3, 0.4) is 0 Å². The summed E-state index contributed by atoms with van der Waals surface area (Å²) in [6.45, 7) is 2.15. The first kappa shape index (κ1) is 14.7. The van der Waals surface area contributed by atoms with Gasteiger partial charge in [0.1, 0.15) is 0 Å². The molecular formula is C16H20BrN3O. The summed E-state index contributed by atoms with van der Waals surface area (Å²) >= 11 is 3.55. The van der Waals surface area contributed by atoms with E-state index >= 15 is 0 Å². The van der Waals surface area contributed by atoms with Crippen LogP contribution < -0.4 is 5.73 Å². The van der Waals surface area contributed by atoms with Crippen LogP contribution >= 0.6 is 15.9 Å². The van der Waals surface area contributed by atoms with E-state index in [4.69, 9.17) is 10.3 Å². The number of hydrogen-bond acceptors (Lipinski definition) is 4. The van der Waals surface area contributed by atoms with Crippen molar-refractivity contribution in [1.29, 1.82) is 0 Å². The lowest BCUT2D eigenvalue weighted by molar-refractivity contribution is 0.203. The third kappa shape index (κ3) is 2.90. The molecule has 2 unspecified atom stereocenters. The molecule has 0 aliphatic heterocycles. The number of aromatic nitrogens is 2. The average Bonchev–Trinajstić information content (AvgIpc) is 2.94. The topological polar surface area (TPSA) is 64.9 Å². The largest absolute Gasteiger partial charge is 0.339 e. The zero-order valence-corrected chi connectivity index (χ0v) is 13.8. The highest BCUT2D eigenvalue weighted by Crippen LogP contribution is 2.37. The third-order valence-electron chi connectivity index (χ3n) is 4.54. The van der Waals surface area contributed by atoms with Gasteiger partial charge in [-0.05, 0) is 31.4 Å². The van der Waals surface area contributed by atoms with Gasteiger partial charge in [-0.1, -0.05) is 52.1 Å². The van der Waals surface area contributed by atoms with Gasteiger partial charge >= 0.3 is 0 Å². The van der Waals surface area contributed by atoms with Crippen molar-refractivity contribution in [3.63, 3.8) is 0 Å². The molecule has 21 heavy (non-hydrogen) atoms. The molecule has 2 N–H and O–H groups in total. The molecule has 0 amide bonds. The maximum absolute atomic E-state index is 6.30. The van der Waals surface area contributed by atoms with Crippen molar-refractivity contribution < 1.29 is 4.52 Å². The van der Waals surface area contributed by atoms with Crippen LogP contribution in [-0.2, 0) is 11.8 Å². The zero-order valence-electron chi connectivity index (χ0n) is 12.2. The smallest absolute Gasteiger partial charge is 0.234 e. The molecular weight excluding hydrogens is 330 g/mol. The highest BCUT2D eigenvalue weighted by Gasteiger charge is 2.40.